The van der Waals surface area contributed by atoms with Gasteiger partial charge in [0.25, 0.3) is 0 Å². The van der Waals surface area contributed by atoms with Crippen molar-refractivity contribution in [3.05, 3.63) is 88.1 Å². The number of halogens is 7. The summed E-state index contributed by atoms with van der Waals surface area (Å²) >= 11 is 0.588. The number of benzene rings is 3. The van der Waals surface area contributed by atoms with Gasteiger partial charge in [-0.1, -0.05) is 19.1 Å². The minimum atomic E-state index is -3.91. The van der Waals surface area contributed by atoms with Crippen molar-refractivity contribution in [3.8, 4) is 16.9 Å². The monoisotopic (exact) mass is 584 g/mol. The van der Waals surface area contributed by atoms with Gasteiger partial charge in [-0.2, -0.15) is 8.78 Å². The largest absolute Gasteiger partial charge is 0.494 e. The predicted molar refractivity (Wildman–Crippen MR) is 136 cm³/mol. The number of fused-ring (bicyclic) bond motifs is 1. The van der Waals surface area contributed by atoms with E-state index in [1.54, 1.807) is 0 Å². The van der Waals surface area contributed by atoms with E-state index in [-0.39, 0.29) is 36.0 Å². The number of ether oxygens (including phenoxy) is 3. The van der Waals surface area contributed by atoms with Crippen molar-refractivity contribution < 1.29 is 44.9 Å². The molecule has 2 unspecified atom stereocenters. The van der Waals surface area contributed by atoms with Crippen LogP contribution in [0.1, 0.15) is 42.7 Å². The first-order chi connectivity index (χ1) is 19.1. The minimum Gasteiger partial charge on any atom is -0.494 e. The fourth-order valence-electron chi connectivity index (χ4n) is 4.57. The maximum Gasteiger partial charge on any atom is 0.395 e. The van der Waals surface area contributed by atoms with Crippen LogP contribution < -0.4 is 4.74 Å². The Hall–Kier alpha value is -3.15. The van der Waals surface area contributed by atoms with E-state index in [0.29, 0.717) is 46.1 Å². The lowest BCUT2D eigenvalue weighted by atomic mass is 9.96. The lowest BCUT2D eigenvalue weighted by Crippen LogP contribution is -2.33. The van der Waals surface area contributed by atoms with Gasteiger partial charge < -0.3 is 14.2 Å². The van der Waals surface area contributed by atoms with E-state index in [4.69, 9.17) is 14.2 Å². The molecule has 0 spiro atoms. The molecule has 0 amide bonds. The van der Waals surface area contributed by atoms with Crippen LogP contribution in [0.3, 0.4) is 0 Å². The van der Waals surface area contributed by atoms with Crippen LogP contribution in [0.2, 0.25) is 0 Å². The highest BCUT2D eigenvalue weighted by Gasteiger charge is 2.42. The molecule has 1 aliphatic heterocycles. The van der Waals surface area contributed by atoms with Gasteiger partial charge >= 0.3 is 6.11 Å². The second-order valence-electron chi connectivity index (χ2n) is 9.40. The van der Waals surface area contributed by atoms with Gasteiger partial charge in [0.1, 0.15) is 16.4 Å². The van der Waals surface area contributed by atoms with Crippen molar-refractivity contribution >= 4 is 21.4 Å². The van der Waals surface area contributed by atoms with Crippen LogP contribution in [0.4, 0.5) is 30.7 Å². The summed E-state index contributed by atoms with van der Waals surface area (Å²) in [6.07, 6.45) is -4.52. The molecule has 0 bridgehead atoms. The first-order valence-corrected chi connectivity index (χ1v) is 13.4. The molecule has 2 atom stereocenters. The summed E-state index contributed by atoms with van der Waals surface area (Å²) in [5.41, 5.74) is 0.0534. The predicted octanol–water partition coefficient (Wildman–Crippen LogP) is 9.04. The van der Waals surface area contributed by atoms with Gasteiger partial charge in [-0.05, 0) is 66.8 Å². The van der Waals surface area contributed by atoms with E-state index in [1.165, 1.54) is 30.3 Å². The normalized spacial score (nSPS) is 17.9. The minimum absolute atomic E-state index is 0.0451. The Morgan fingerprint density at radius 2 is 1.65 bits per heavy atom. The zero-order chi connectivity index (χ0) is 28.6. The fourth-order valence-corrected chi connectivity index (χ4v) is 5.59. The molecule has 1 saturated heterocycles. The van der Waals surface area contributed by atoms with Gasteiger partial charge in [-0.3, -0.25) is 0 Å². The van der Waals surface area contributed by atoms with Crippen molar-refractivity contribution in [1.82, 2.24) is 0 Å². The second kappa shape index (κ2) is 11.4. The maximum absolute atomic E-state index is 15.0. The van der Waals surface area contributed by atoms with E-state index in [1.807, 2.05) is 6.92 Å². The van der Waals surface area contributed by atoms with Crippen LogP contribution in [-0.2, 0) is 15.6 Å². The Morgan fingerprint density at radius 3 is 2.30 bits per heavy atom. The number of rotatable bonds is 8. The Morgan fingerprint density at radius 1 is 0.900 bits per heavy atom. The van der Waals surface area contributed by atoms with Crippen LogP contribution in [0, 0.1) is 29.1 Å². The zero-order valence-corrected chi connectivity index (χ0v) is 21.9. The molecule has 1 aliphatic rings. The summed E-state index contributed by atoms with van der Waals surface area (Å²) < 4.78 is 117. The summed E-state index contributed by atoms with van der Waals surface area (Å²) in [5, 5.41) is 0.0451. The average molecular weight is 585 g/mol. The molecule has 0 radical (unpaired) electrons. The molecule has 3 nitrogen and oxygen atoms in total. The Labute approximate surface area is 229 Å². The highest BCUT2D eigenvalue weighted by Crippen LogP contribution is 2.44. The number of alkyl halides is 2. The van der Waals surface area contributed by atoms with Crippen LogP contribution >= 0.6 is 11.3 Å². The molecule has 0 aliphatic carbocycles. The summed E-state index contributed by atoms with van der Waals surface area (Å²) in [4.78, 5) is -0.844. The molecule has 1 aromatic heterocycles. The Kier molecular flexibility index (Phi) is 8.08. The number of thiophene rings is 1. The quantitative estimate of drug-likeness (QED) is 0.153. The highest BCUT2D eigenvalue weighted by atomic mass is 32.1. The topological polar surface area (TPSA) is 27.7 Å². The van der Waals surface area contributed by atoms with E-state index >= 15 is 8.78 Å². The van der Waals surface area contributed by atoms with Gasteiger partial charge in [-0.25, -0.2) is 22.0 Å². The second-order valence-corrected chi connectivity index (χ2v) is 10.5. The number of hydrogen-bond acceptors (Lipinski definition) is 4. The van der Waals surface area contributed by atoms with E-state index in [9.17, 15) is 22.0 Å². The van der Waals surface area contributed by atoms with E-state index < -0.39 is 52.3 Å². The van der Waals surface area contributed by atoms with Crippen molar-refractivity contribution in [2.24, 2.45) is 0 Å². The lowest BCUT2D eigenvalue weighted by Gasteiger charge is -2.31. The average Bonchev–Trinajstić information content (AvgIpc) is 3.27. The molecule has 1 fully saturated rings. The molecular formula is C29H23F7O3S. The molecule has 0 N–H and O–H groups in total. The summed E-state index contributed by atoms with van der Waals surface area (Å²) in [5.74, 6) is -5.96. The van der Waals surface area contributed by atoms with E-state index in [2.05, 4.69) is 0 Å². The molecule has 5 rings (SSSR count). The first kappa shape index (κ1) is 28.4. The Bertz CT molecular complexity index is 1510. The molecule has 2 heterocycles. The SMILES string of the molecule is CCCOc1ccc2c(F)c(C(F)(F)OC3CCC(c4ccc(-c5cc(F)c(F)c(F)c5)c(F)c4)OC3)sc2c1. The third kappa shape index (κ3) is 5.68. The standard InChI is InChI=1S/C29H23F7O3S/c1-2-9-37-17-4-7-20-25(13-17)40-28(26(20)33)29(35,36)39-18-5-8-24(38-14-18)15-3-6-19(21(30)10-15)16-11-22(31)27(34)23(32)12-16/h3-4,6-7,10-13,18,24H,2,5,8-9,14H2,1H3. The first-order valence-electron chi connectivity index (χ1n) is 12.5. The van der Waals surface area contributed by atoms with E-state index in [0.717, 1.165) is 12.5 Å². The van der Waals surface area contributed by atoms with Gasteiger partial charge in [0.15, 0.2) is 23.3 Å². The molecule has 40 heavy (non-hydrogen) atoms. The van der Waals surface area contributed by atoms with Crippen LogP contribution in [-0.4, -0.2) is 19.3 Å². The highest BCUT2D eigenvalue weighted by molar-refractivity contribution is 7.19. The van der Waals surface area contributed by atoms with Crippen LogP contribution in [0.25, 0.3) is 21.2 Å². The van der Waals surface area contributed by atoms with Gasteiger partial charge in [-0.15, -0.1) is 11.3 Å². The fraction of sp³-hybridized carbons (Fsp3) is 0.310. The third-order valence-corrected chi connectivity index (χ3v) is 7.73. The van der Waals surface area contributed by atoms with Gasteiger partial charge in [0.2, 0.25) is 0 Å². The smallest absolute Gasteiger partial charge is 0.395 e. The molecule has 0 saturated carbocycles. The molecule has 212 valence electrons. The summed E-state index contributed by atoms with van der Waals surface area (Å²) in [7, 11) is 0. The van der Waals surface area contributed by atoms with Crippen LogP contribution in [0.5, 0.6) is 5.75 Å². The maximum atomic E-state index is 15.0. The Balaban J connectivity index is 1.25. The molecule has 11 heteroatoms. The third-order valence-electron chi connectivity index (χ3n) is 6.55. The van der Waals surface area contributed by atoms with Crippen LogP contribution in [0.15, 0.2) is 48.5 Å². The molecule has 3 aromatic carbocycles. The van der Waals surface area contributed by atoms with Crippen molar-refractivity contribution in [2.75, 3.05) is 13.2 Å². The van der Waals surface area contributed by atoms with Gasteiger partial charge in [0, 0.05) is 15.6 Å². The van der Waals surface area contributed by atoms with Gasteiger partial charge in [0.05, 0.1) is 25.4 Å². The van der Waals surface area contributed by atoms with Crippen molar-refractivity contribution in [2.45, 2.75) is 44.5 Å². The molecular weight excluding hydrogens is 561 g/mol. The zero-order valence-electron chi connectivity index (χ0n) is 21.1. The lowest BCUT2D eigenvalue weighted by molar-refractivity contribution is -0.288. The summed E-state index contributed by atoms with van der Waals surface area (Å²) in [6, 6.07) is 9.68. The van der Waals surface area contributed by atoms with Crippen molar-refractivity contribution in [3.63, 3.8) is 0 Å². The summed E-state index contributed by atoms with van der Waals surface area (Å²) in [6.45, 7) is 2.12. The van der Waals surface area contributed by atoms with Crippen molar-refractivity contribution in [1.29, 1.82) is 0 Å². The molecule has 4 aromatic rings. The number of hydrogen-bond donors (Lipinski definition) is 0.